The number of halogens is 1. The van der Waals surface area contributed by atoms with Gasteiger partial charge in [0, 0.05) is 105 Å². The Morgan fingerprint density at radius 3 is 2.53 bits per heavy atom. The second-order valence-corrected chi connectivity index (χ2v) is 22.2. The number of nitro benzene ring substituents is 1. The van der Waals surface area contributed by atoms with Crippen molar-refractivity contribution in [2.75, 3.05) is 88.9 Å². The Morgan fingerprint density at radius 2 is 1.79 bits per heavy atom. The zero-order chi connectivity index (χ0) is 48.7. The van der Waals surface area contributed by atoms with Crippen LogP contribution in [0.5, 0.6) is 17.2 Å². The van der Waals surface area contributed by atoms with E-state index in [1.54, 1.807) is 30.5 Å². The predicted molar refractivity (Wildman–Crippen MR) is 270 cm³/mol. The standard InChI is InChI=1S/C51H60ClN9O8S/c1-33-28-57(18-21-60(33)40-31-67-32-40)15-12-38-30-68-47-25-42(24-45(61(63)64)48(47)55-38)70(65,66)56-50(62)43-9-8-39(23-46(43)69-41-22-35-11-14-53-49(35)54-27-41)59-19-16-58(17-20-59)29-36-10-13-51(2,3)26-44(36)34-4-6-37(52)7-5-34/h4-9,11,14,22-25,27,33,38,40,55H,10,12-13,15-21,26,28-32H2,1-3H3,(H,53,54)(H,56,62)/t33-,38-/m1/s1. The van der Waals surface area contributed by atoms with Gasteiger partial charge in [0.05, 0.1) is 46.9 Å². The molecular weight excluding hydrogens is 934 g/mol. The molecule has 4 aliphatic heterocycles. The van der Waals surface area contributed by atoms with Crippen molar-refractivity contribution in [3.05, 3.63) is 111 Å². The first kappa shape index (κ1) is 47.9. The summed E-state index contributed by atoms with van der Waals surface area (Å²) >= 11 is 6.26. The van der Waals surface area contributed by atoms with Gasteiger partial charge in [-0.3, -0.25) is 24.7 Å². The lowest BCUT2D eigenvalue weighted by atomic mass is 9.72. The highest BCUT2D eigenvalue weighted by atomic mass is 35.5. The van der Waals surface area contributed by atoms with E-state index in [4.69, 9.17) is 25.8 Å². The lowest BCUT2D eigenvalue weighted by Crippen LogP contribution is -2.60. The summed E-state index contributed by atoms with van der Waals surface area (Å²) < 4.78 is 48.0. The number of piperazine rings is 2. The van der Waals surface area contributed by atoms with E-state index < -0.39 is 31.4 Å². The molecule has 0 unspecified atom stereocenters. The van der Waals surface area contributed by atoms with Gasteiger partial charge in [0.2, 0.25) is 0 Å². The van der Waals surface area contributed by atoms with Crippen LogP contribution in [0.15, 0.2) is 89.6 Å². The first-order chi connectivity index (χ1) is 33.6. The van der Waals surface area contributed by atoms with Gasteiger partial charge in [0.1, 0.15) is 23.8 Å². The lowest BCUT2D eigenvalue weighted by molar-refractivity contribution is -0.384. The SMILES string of the molecule is C[C@@H]1CN(CC[C@@H]2COc3cc(S(=O)(=O)NC(=O)c4ccc(N5CCN(CC6=C(c7ccc(Cl)cc7)CC(C)(C)CC6)CC5)cc4Oc4cnc5[nH]ccc5c4)cc([N+](=O)[O-])c3N2)CCN1C1COC1. The molecule has 10 rings (SSSR count). The fourth-order valence-corrected chi connectivity index (χ4v) is 11.6. The molecule has 70 heavy (non-hydrogen) atoms. The summed E-state index contributed by atoms with van der Waals surface area (Å²) in [5, 5.41) is 17.2. The fourth-order valence-electron chi connectivity index (χ4n) is 10.5. The number of pyridine rings is 1. The van der Waals surface area contributed by atoms with Gasteiger partial charge >= 0.3 is 0 Å². The molecule has 6 heterocycles. The number of nitrogens with zero attached hydrogens (tertiary/aromatic N) is 6. The third kappa shape index (κ3) is 10.5. The zero-order valence-corrected chi connectivity index (χ0v) is 41.4. The predicted octanol–water partition coefficient (Wildman–Crippen LogP) is 7.79. The number of amides is 1. The van der Waals surface area contributed by atoms with Crippen molar-refractivity contribution >= 4 is 61.2 Å². The summed E-state index contributed by atoms with van der Waals surface area (Å²) in [6, 6.07) is 19.7. The number of H-pyrrole nitrogens is 1. The van der Waals surface area contributed by atoms with Crippen LogP contribution in [-0.2, 0) is 14.8 Å². The molecule has 3 aromatic carbocycles. The molecule has 3 N–H and O–H groups in total. The number of rotatable bonds is 14. The minimum Gasteiger partial charge on any atom is -0.489 e. The van der Waals surface area contributed by atoms with E-state index in [1.807, 2.05) is 18.2 Å². The second-order valence-electron chi connectivity index (χ2n) is 20.1. The number of hydrogen-bond donors (Lipinski definition) is 3. The number of carbonyl (C=O) groups is 1. The van der Waals surface area contributed by atoms with Crippen LogP contribution < -0.4 is 24.4 Å². The maximum atomic E-state index is 14.2. The lowest BCUT2D eigenvalue weighted by Gasteiger charge is -2.46. The molecule has 3 saturated heterocycles. The quantitative estimate of drug-likeness (QED) is 0.0723. The van der Waals surface area contributed by atoms with E-state index in [0.717, 1.165) is 100 Å². The van der Waals surface area contributed by atoms with E-state index in [-0.39, 0.29) is 40.8 Å². The van der Waals surface area contributed by atoms with E-state index in [2.05, 4.69) is 72.5 Å². The van der Waals surface area contributed by atoms with Gasteiger partial charge in [0.15, 0.2) is 11.4 Å². The van der Waals surface area contributed by atoms with Crippen LogP contribution >= 0.6 is 11.6 Å². The minimum atomic E-state index is -4.67. The Bertz CT molecular complexity index is 2920. The summed E-state index contributed by atoms with van der Waals surface area (Å²) in [7, 11) is -4.67. The van der Waals surface area contributed by atoms with Crippen LogP contribution in [0.1, 0.15) is 62.4 Å². The molecule has 17 nitrogen and oxygen atoms in total. The maximum Gasteiger partial charge on any atom is 0.297 e. The topological polar surface area (TPSA) is 188 Å². The number of hydrogen-bond acceptors (Lipinski definition) is 14. The number of sulfonamides is 1. The van der Waals surface area contributed by atoms with E-state index in [9.17, 15) is 23.3 Å². The van der Waals surface area contributed by atoms with E-state index in [0.29, 0.717) is 43.0 Å². The molecule has 2 atom stereocenters. The van der Waals surface area contributed by atoms with Gasteiger partial charge in [-0.15, -0.1) is 0 Å². The number of aromatic amines is 1. The van der Waals surface area contributed by atoms with Crippen LogP contribution in [-0.4, -0.2) is 141 Å². The number of ether oxygens (including phenoxy) is 3. The monoisotopic (exact) mass is 993 g/mol. The Kier molecular flexibility index (Phi) is 13.5. The molecule has 19 heteroatoms. The largest absolute Gasteiger partial charge is 0.489 e. The number of nitro groups is 1. The third-order valence-corrected chi connectivity index (χ3v) is 16.1. The normalized spacial score (nSPS) is 21.4. The highest BCUT2D eigenvalue weighted by molar-refractivity contribution is 7.90. The van der Waals surface area contributed by atoms with Crippen molar-refractivity contribution in [2.45, 2.75) is 69.5 Å². The zero-order valence-electron chi connectivity index (χ0n) is 39.8. The smallest absolute Gasteiger partial charge is 0.297 e. The van der Waals surface area contributed by atoms with Crippen molar-refractivity contribution in [3.8, 4) is 17.2 Å². The van der Waals surface area contributed by atoms with E-state index >= 15 is 0 Å². The average Bonchev–Trinajstić information content (AvgIpc) is 3.79. The Hall–Kier alpha value is -5.76. The van der Waals surface area contributed by atoms with Crippen molar-refractivity contribution in [1.82, 2.24) is 29.4 Å². The van der Waals surface area contributed by atoms with Gasteiger partial charge in [-0.25, -0.2) is 18.1 Å². The minimum absolute atomic E-state index is 0.0192. The first-order valence-corrected chi connectivity index (χ1v) is 26.0. The van der Waals surface area contributed by atoms with Crippen molar-refractivity contribution in [3.63, 3.8) is 0 Å². The maximum absolute atomic E-state index is 14.2. The first-order valence-electron chi connectivity index (χ1n) is 24.2. The summed E-state index contributed by atoms with van der Waals surface area (Å²) in [5.41, 5.74) is 5.36. The number of aromatic nitrogens is 2. The molecular formula is C51H60ClN9O8S. The van der Waals surface area contributed by atoms with Crippen LogP contribution in [0, 0.1) is 15.5 Å². The summed E-state index contributed by atoms with van der Waals surface area (Å²) in [6.45, 7) is 16.1. The average molecular weight is 995 g/mol. The van der Waals surface area contributed by atoms with Gasteiger partial charge in [-0.2, -0.15) is 0 Å². The molecule has 0 bridgehead atoms. The Balaban J connectivity index is 0.837. The van der Waals surface area contributed by atoms with Gasteiger partial charge < -0.3 is 34.3 Å². The molecule has 5 aromatic rings. The molecule has 5 aliphatic rings. The molecule has 0 radical (unpaired) electrons. The second kappa shape index (κ2) is 19.8. The van der Waals surface area contributed by atoms with E-state index in [1.165, 1.54) is 29.0 Å². The van der Waals surface area contributed by atoms with Crippen molar-refractivity contribution in [1.29, 1.82) is 0 Å². The van der Waals surface area contributed by atoms with Gasteiger partial charge in [0.25, 0.3) is 21.6 Å². The molecule has 3 fully saturated rings. The molecule has 2 aromatic heterocycles. The number of nitrogens with one attached hydrogen (secondary N) is 3. The molecule has 0 spiro atoms. The summed E-state index contributed by atoms with van der Waals surface area (Å²) in [6.07, 6.45) is 7.14. The van der Waals surface area contributed by atoms with Crippen LogP contribution in [0.2, 0.25) is 5.02 Å². The van der Waals surface area contributed by atoms with Crippen LogP contribution in [0.3, 0.4) is 0 Å². The highest BCUT2D eigenvalue weighted by Crippen LogP contribution is 2.44. The third-order valence-electron chi connectivity index (χ3n) is 14.6. The highest BCUT2D eigenvalue weighted by Gasteiger charge is 2.36. The molecule has 1 aliphatic carbocycles. The fraction of sp³-hybridized carbons (Fsp3) is 0.451. The number of anilines is 2. The molecule has 370 valence electrons. The van der Waals surface area contributed by atoms with Crippen LogP contribution in [0.4, 0.5) is 17.1 Å². The van der Waals surface area contributed by atoms with Gasteiger partial charge in [-0.05, 0) is 85.6 Å². The number of benzene rings is 3. The van der Waals surface area contributed by atoms with Gasteiger partial charge in [-0.1, -0.05) is 43.2 Å². The van der Waals surface area contributed by atoms with Crippen molar-refractivity contribution < 1.29 is 32.3 Å². The Morgan fingerprint density at radius 1 is 1.00 bits per heavy atom. The Labute approximate surface area is 413 Å². The number of allylic oxidation sites excluding steroid dienone is 1. The molecule has 1 amide bonds. The summed E-state index contributed by atoms with van der Waals surface area (Å²) in [5.74, 6) is -0.494. The number of fused-ring (bicyclic) bond motifs is 2. The number of carbonyl (C=O) groups excluding carboxylic acids is 1. The molecule has 0 saturated carbocycles. The van der Waals surface area contributed by atoms with Crippen LogP contribution in [0.25, 0.3) is 16.6 Å². The van der Waals surface area contributed by atoms with Crippen molar-refractivity contribution in [2.24, 2.45) is 5.41 Å². The summed E-state index contributed by atoms with van der Waals surface area (Å²) in [4.78, 5) is 42.6.